The molecule has 2 heterocycles. The number of anilines is 1. The highest BCUT2D eigenvalue weighted by Crippen LogP contribution is 2.26. The fourth-order valence-electron chi connectivity index (χ4n) is 2.46. The van der Waals surface area contributed by atoms with E-state index in [9.17, 15) is 9.59 Å². The molecule has 0 saturated carbocycles. The van der Waals surface area contributed by atoms with Crippen molar-refractivity contribution < 1.29 is 23.8 Å². The van der Waals surface area contributed by atoms with E-state index in [-0.39, 0.29) is 25.2 Å². The summed E-state index contributed by atoms with van der Waals surface area (Å²) in [7, 11) is 0. The van der Waals surface area contributed by atoms with Crippen LogP contribution in [-0.2, 0) is 9.53 Å². The van der Waals surface area contributed by atoms with Gasteiger partial charge in [0.25, 0.3) is 5.91 Å². The van der Waals surface area contributed by atoms with Crippen molar-refractivity contribution in [1.29, 1.82) is 0 Å². The lowest BCUT2D eigenvalue weighted by atomic mass is 10.3. The molecule has 0 aliphatic carbocycles. The van der Waals surface area contributed by atoms with Crippen LogP contribution in [0.3, 0.4) is 0 Å². The second-order valence-corrected chi connectivity index (χ2v) is 6.49. The third-order valence-electron chi connectivity index (χ3n) is 3.68. The molecule has 0 spiro atoms. The van der Waals surface area contributed by atoms with Crippen molar-refractivity contribution in [2.75, 3.05) is 31.2 Å². The molecule has 1 atom stereocenters. The molecule has 2 aromatic rings. The third kappa shape index (κ3) is 4.66. The van der Waals surface area contributed by atoms with Gasteiger partial charge in [-0.15, -0.1) is 11.3 Å². The zero-order valence-corrected chi connectivity index (χ0v) is 15.2. The number of nitrogens with zero attached hydrogens (tertiary/aromatic N) is 1. The highest BCUT2D eigenvalue weighted by Gasteiger charge is 2.32. The Morgan fingerprint density at radius 1 is 1.27 bits per heavy atom. The van der Waals surface area contributed by atoms with E-state index < -0.39 is 6.09 Å². The van der Waals surface area contributed by atoms with Gasteiger partial charge in [-0.2, -0.15) is 0 Å². The van der Waals surface area contributed by atoms with Crippen molar-refractivity contribution in [2.45, 2.75) is 13.0 Å². The van der Waals surface area contributed by atoms with Gasteiger partial charge >= 0.3 is 6.09 Å². The molecule has 26 heavy (non-hydrogen) atoms. The lowest BCUT2D eigenvalue weighted by Gasteiger charge is -2.11. The minimum Gasteiger partial charge on any atom is -0.494 e. The molecular formula is C18H20N2O5S. The predicted octanol–water partition coefficient (Wildman–Crippen LogP) is 2.67. The maximum atomic E-state index is 11.9. The summed E-state index contributed by atoms with van der Waals surface area (Å²) in [6.07, 6.45) is -0.767. The molecule has 1 aromatic carbocycles. The molecule has 2 amide bonds. The topological polar surface area (TPSA) is 77.1 Å². The normalized spacial score (nSPS) is 16.3. The summed E-state index contributed by atoms with van der Waals surface area (Å²) in [5, 5.41) is 5.46. The van der Waals surface area contributed by atoms with Crippen LogP contribution < -0.4 is 19.7 Å². The Morgan fingerprint density at radius 3 is 2.65 bits per heavy atom. The van der Waals surface area contributed by atoms with Gasteiger partial charge in [0.15, 0.2) is 6.61 Å². The minimum atomic E-state index is -0.391. The number of hydrogen-bond donors (Lipinski definition) is 1. The number of nitrogens with one attached hydrogen (secondary N) is 1. The lowest BCUT2D eigenvalue weighted by molar-refractivity contribution is -0.123. The average Bonchev–Trinajstić information content (AvgIpc) is 3.29. The van der Waals surface area contributed by atoms with E-state index in [0.29, 0.717) is 18.9 Å². The fourth-order valence-corrected chi connectivity index (χ4v) is 3.19. The average molecular weight is 376 g/mol. The van der Waals surface area contributed by atoms with Crippen molar-refractivity contribution in [3.05, 3.63) is 41.8 Å². The zero-order chi connectivity index (χ0) is 18.4. The minimum absolute atomic E-state index is 0.108. The number of thiophene rings is 1. The molecule has 1 aliphatic rings. The second-order valence-electron chi connectivity index (χ2n) is 5.56. The number of amides is 2. The molecule has 138 valence electrons. The quantitative estimate of drug-likeness (QED) is 0.766. The van der Waals surface area contributed by atoms with Gasteiger partial charge < -0.3 is 19.5 Å². The Balaban J connectivity index is 1.39. The Morgan fingerprint density at radius 2 is 2.00 bits per heavy atom. The molecule has 1 N–H and O–H groups in total. The van der Waals surface area contributed by atoms with E-state index in [1.54, 1.807) is 29.2 Å². The largest absolute Gasteiger partial charge is 0.494 e. The number of carbonyl (C=O) groups excluding carboxylic acids is 2. The molecule has 7 nitrogen and oxygen atoms in total. The summed E-state index contributed by atoms with van der Waals surface area (Å²) in [4.78, 5) is 25.4. The fraction of sp³-hybridized carbons (Fsp3) is 0.333. The molecule has 3 rings (SSSR count). The van der Waals surface area contributed by atoms with Crippen LogP contribution in [0.25, 0.3) is 0 Å². The lowest BCUT2D eigenvalue weighted by Crippen LogP contribution is -2.37. The summed E-state index contributed by atoms with van der Waals surface area (Å²) >= 11 is 1.47. The summed E-state index contributed by atoms with van der Waals surface area (Å²) < 4.78 is 16.1. The van der Waals surface area contributed by atoms with Crippen molar-refractivity contribution >= 4 is 28.3 Å². The van der Waals surface area contributed by atoms with Gasteiger partial charge in [-0.1, -0.05) is 0 Å². The molecule has 1 unspecified atom stereocenters. The standard InChI is InChI=1S/C18H20N2O5S/c1-2-23-13-5-7-14(8-6-13)24-12-16(21)19-10-15-11-20(18(22)25-15)17-4-3-9-26-17/h3-9,15H,2,10-12H2,1H3,(H,19,21). The SMILES string of the molecule is CCOc1ccc(OCC(=O)NCC2CN(c3cccs3)C(=O)O2)cc1. The van der Waals surface area contributed by atoms with Crippen molar-refractivity contribution in [3.8, 4) is 11.5 Å². The smallest absolute Gasteiger partial charge is 0.415 e. The third-order valence-corrected chi connectivity index (χ3v) is 4.57. The first-order valence-corrected chi connectivity index (χ1v) is 9.17. The van der Waals surface area contributed by atoms with E-state index >= 15 is 0 Å². The van der Waals surface area contributed by atoms with Gasteiger partial charge in [0.05, 0.1) is 19.7 Å². The van der Waals surface area contributed by atoms with Crippen LogP contribution in [0.2, 0.25) is 0 Å². The maximum absolute atomic E-state index is 11.9. The molecule has 1 saturated heterocycles. The van der Waals surface area contributed by atoms with E-state index in [0.717, 1.165) is 10.8 Å². The summed E-state index contributed by atoms with van der Waals surface area (Å²) in [5.41, 5.74) is 0. The molecule has 0 bridgehead atoms. The van der Waals surface area contributed by atoms with Crippen molar-refractivity contribution in [1.82, 2.24) is 5.32 Å². The first kappa shape index (κ1) is 18.1. The molecule has 1 fully saturated rings. The van der Waals surface area contributed by atoms with E-state index in [1.807, 2.05) is 24.4 Å². The number of carbonyl (C=O) groups is 2. The monoisotopic (exact) mass is 376 g/mol. The Hall–Kier alpha value is -2.74. The van der Waals surface area contributed by atoms with Crippen LogP contribution >= 0.6 is 11.3 Å². The highest BCUT2D eigenvalue weighted by atomic mass is 32.1. The first-order valence-electron chi connectivity index (χ1n) is 8.29. The van der Waals surface area contributed by atoms with Crippen LogP contribution in [0.1, 0.15) is 6.92 Å². The van der Waals surface area contributed by atoms with Gasteiger partial charge in [-0.25, -0.2) is 4.79 Å². The maximum Gasteiger partial charge on any atom is 0.415 e. The molecule has 8 heteroatoms. The van der Waals surface area contributed by atoms with Crippen LogP contribution in [0.5, 0.6) is 11.5 Å². The Bertz CT molecular complexity index is 733. The van der Waals surface area contributed by atoms with Gasteiger partial charge in [-0.05, 0) is 48.7 Å². The van der Waals surface area contributed by atoms with Gasteiger partial charge in [0, 0.05) is 0 Å². The van der Waals surface area contributed by atoms with E-state index in [2.05, 4.69) is 5.32 Å². The van der Waals surface area contributed by atoms with Crippen LogP contribution in [-0.4, -0.2) is 44.4 Å². The highest BCUT2D eigenvalue weighted by molar-refractivity contribution is 7.14. The predicted molar refractivity (Wildman–Crippen MR) is 98.0 cm³/mol. The Labute approximate surface area is 155 Å². The number of rotatable bonds is 8. The summed E-state index contributed by atoms with van der Waals surface area (Å²) in [6, 6.07) is 10.8. The summed E-state index contributed by atoms with van der Waals surface area (Å²) in [5.74, 6) is 1.06. The second kappa shape index (κ2) is 8.57. The summed E-state index contributed by atoms with van der Waals surface area (Å²) in [6.45, 7) is 3.07. The molecule has 1 aromatic heterocycles. The zero-order valence-electron chi connectivity index (χ0n) is 14.3. The van der Waals surface area contributed by atoms with E-state index in [1.165, 1.54) is 11.3 Å². The van der Waals surface area contributed by atoms with Crippen LogP contribution in [0.4, 0.5) is 9.80 Å². The van der Waals surface area contributed by atoms with Gasteiger partial charge in [0.1, 0.15) is 22.6 Å². The van der Waals surface area contributed by atoms with E-state index in [4.69, 9.17) is 14.2 Å². The number of ether oxygens (including phenoxy) is 3. The van der Waals surface area contributed by atoms with Gasteiger partial charge in [0.2, 0.25) is 0 Å². The van der Waals surface area contributed by atoms with Gasteiger partial charge in [-0.3, -0.25) is 9.69 Å². The molecule has 0 radical (unpaired) electrons. The number of cyclic esters (lactones) is 1. The number of hydrogen-bond acceptors (Lipinski definition) is 6. The first-order chi connectivity index (χ1) is 12.7. The molecular weight excluding hydrogens is 356 g/mol. The van der Waals surface area contributed by atoms with Crippen LogP contribution in [0.15, 0.2) is 41.8 Å². The number of benzene rings is 1. The van der Waals surface area contributed by atoms with Crippen molar-refractivity contribution in [3.63, 3.8) is 0 Å². The Kier molecular flexibility index (Phi) is 5.96. The van der Waals surface area contributed by atoms with Crippen molar-refractivity contribution in [2.24, 2.45) is 0 Å². The van der Waals surface area contributed by atoms with Crippen LogP contribution in [0, 0.1) is 0 Å². The molecule has 1 aliphatic heterocycles.